The maximum atomic E-state index is 13.3. The Morgan fingerprint density at radius 2 is 1.71 bits per heavy atom. The molecule has 0 aliphatic carbocycles. The van der Waals surface area contributed by atoms with Gasteiger partial charge in [-0.15, -0.1) is 0 Å². The summed E-state index contributed by atoms with van der Waals surface area (Å²) in [4.78, 5) is 15.1. The van der Waals surface area contributed by atoms with Crippen molar-refractivity contribution in [2.75, 3.05) is 0 Å². The fourth-order valence-electron chi connectivity index (χ4n) is 3.55. The first-order valence-corrected chi connectivity index (χ1v) is 11.0. The molecule has 1 atom stereocenters. The Labute approximate surface area is 179 Å². The molecule has 4 rings (SSSR count). The second-order valence-electron chi connectivity index (χ2n) is 7.19. The maximum absolute atomic E-state index is 13.3. The lowest BCUT2D eigenvalue weighted by Crippen LogP contribution is -2.31. The second-order valence-corrected chi connectivity index (χ2v) is 8.87. The van der Waals surface area contributed by atoms with Gasteiger partial charge in [0.1, 0.15) is 11.9 Å². The smallest absolute Gasteiger partial charge is 0.270 e. The standard InChI is InChI=1S/C22H20N4O4S/c1-15-12-13-17(26(27)28)14-20(15)31(29,30)24-21(16-8-4-3-5-9-16)22-23-18-10-6-7-11-19(18)25(22)2/h3-14,21,24H,1-2H3/t21-/m0/s1. The number of hydrogen-bond donors (Lipinski definition) is 1. The van der Waals surface area contributed by atoms with Crippen molar-refractivity contribution in [3.05, 3.63) is 99.9 Å². The minimum atomic E-state index is -4.10. The van der Waals surface area contributed by atoms with Gasteiger partial charge in [0, 0.05) is 19.2 Å². The molecule has 0 amide bonds. The molecule has 0 bridgehead atoms. The molecule has 0 aliphatic rings. The number of sulfonamides is 1. The Kier molecular flexibility index (Phi) is 5.30. The zero-order valence-electron chi connectivity index (χ0n) is 16.9. The molecule has 0 fully saturated rings. The van der Waals surface area contributed by atoms with E-state index in [2.05, 4.69) is 9.71 Å². The van der Waals surface area contributed by atoms with E-state index in [1.54, 1.807) is 6.92 Å². The molecule has 8 nitrogen and oxygen atoms in total. The van der Waals surface area contributed by atoms with Crippen LogP contribution in [0, 0.1) is 17.0 Å². The Balaban J connectivity index is 1.85. The third-order valence-corrected chi connectivity index (χ3v) is 6.72. The van der Waals surface area contributed by atoms with E-state index in [0.29, 0.717) is 17.0 Å². The van der Waals surface area contributed by atoms with Crippen molar-refractivity contribution in [3.8, 4) is 0 Å². The zero-order chi connectivity index (χ0) is 22.2. The van der Waals surface area contributed by atoms with Crippen LogP contribution in [0.4, 0.5) is 5.69 Å². The predicted octanol–water partition coefficient (Wildman–Crippen LogP) is 3.86. The summed E-state index contributed by atoms with van der Waals surface area (Å²) < 4.78 is 31.2. The van der Waals surface area contributed by atoms with E-state index < -0.39 is 21.0 Å². The van der Waals surface area contributed by atoms with Crippen molar-refractivity contribution in [3.63, 3.8) is 0 Å². The van der Waals surface area contributed by atoms with Crippen LogP contribution in [-0.4, -0.2) is 22.9 Å². The number of nitrogens with zero attached hydrogens (tertiary/aromatic N) is 3. The molecule has 9 heteroatoms. The van der Waals surface area contributed by atoms with Gasteiger partial charge in [-0.1, -0.05) is 48.5 Å². The number of fused-ring (bicyclic) bond motifs is 1. The lowest BCUT2D eigenvalue weighted by Gasteiger charge is -2.20. The van der Waals surface area contributed by atoms with Crippen LogP contribution >= 0.6 is 0 Å². The summed E-state index contributed by atoms with van der Waals surface area (Å²) in [7, 11) is -2.28. The molecular formula is C22H20N4O4S. The average molecular weight is 436 g/mol. The molecule has 0 spiro atoms. The third-order valence-electron chi connectivity index (χ3n) is 5.16. The highest BCUT2D eigenvalue weighted by atomic mass is 32.2. The summed E-state index contributed by atoms with van der Waals surface area (Å²) >= 11 is 0. The van der Waals surface area contributed by atoms with Gasteiger partial charge in [-0.05, 0) is 30.2 Å². The topological polar surface area (TPSA) is 107 Å². The Hall–Kier alpha value is -3.56. The number of para-hydroxylation sites is 2. The van der Waals surface area contributed by atoms with Crippen molar-refractivity contribution in [2.24, 2.45) is 7.05 Å². The van der Waals surface area contributed by atoms with E-state index in [4.69, 9.17) is 0 Å². The number of benzene rings is 3. The summed E-state index contributed by atoms with van der Waals surface area (Å²) in [6.45, 7) is 1.60. The van der Waals surface area contributed by atoms with Crippen molar-refractivity contribution in [1.82, 2.24) is 14.3 Å². The SMILES string of the molecule is Cc1ccc([N+](=O)[O-])cc1S(=O)(=O)N[C@@H](c1ccccc1)c1nc2ccccc2n1C. The van der Waals surface area contributed by atoms with E-state index in [9.17, 15) is 18.5 Å². The minimum Gasteiger partial charge on any atom is -0.329 e. The highest BCUT2D eigenvalue weighted by molar-refractivity contribution is 7.89. The van der Waals surface area contributed by atoms with Crippen LogP contribution in [-0.2, 0) is 17.1 Å². The number of imidazole rings is 1. The average Bonchev–Trinajstić information content (AvgIpc) is 3.09. The minimum absolute atomic E-state index is 0.138. The first kappa shape index (κ1) is 20.7. The summed E-state index contributed by atoms with van der Waals surface area (Å²) in [6.07, 6.45) is 0. The van der Waals surface area contributed by atoms with Crippen molar-refractivity contribution in [1.29, 1.82) is 0 Å². The molecule has 4 aromatic rings. The van der Waals surface area contributed by atoms with Crippen LogP contribution in [0.15, 0.2) is 77.7 Å². The lowest BCUT2D eigenvalue weighted by atomic mass is 10.1. The number of hydrogen-bond acceptors (Lipinski definition) is 5. The maximum Gasteiger partial charge on any atom is 0.270 e. The first-order valence-electron chi connectivity index (χ1n) is 9.51. The van der Waals surface area contributed by atoms with E-state index in [0.717, 1.165) is 17.1 Å². The lowest BCUT2D eigenvalue weighted by molar-refractivity contribution is -0.385. The van der Waals surface area contributed by atoms with Crippen LogP contribution in [0.5, 0.6) is 0 Å². The number of non-ortho nitro benzene ring substituents is 1. The molecule has 0 unspecified atom stereocenters. The number of aryl methyl sites for hydroxylation is 2. The van der Waals surface area contributed by atoms with Crippen molar-refractivity contribution in [2.45, 2.75) is 17.9 Å². The van der Waals surface area contributed by atoms with E-state index in [-0.39, 0.29) is 10.6 Å². The van der Waals surface area contributed by atoms with Crippen LogP contribution in [0.1, 0.15) is 23.0 Å². The first-order chi connectivity index (χ1) is 14.8. The molecule has 1 N–H and O–H groups in total. The van der Waals surface area contributed by atoms with Crippen LogP contribution in [0.25, 0.3) is 11.0 Å². The predicted molar refractivity (Wildman–Crippen MR) is 117 cm³/mol. The number of nitrogens with one attached hydrogen (secondary N) is 1. The van der Waals surface area contributed by atoms with E-state index in [1.165, 1.54) is 12.1 Å². The molecule has 0 radical (unpaired) electrons. The van der Waals surface area contributed by atoms with Gasteiger partial charge in [-0.2, -0.15) is 4.72 Å². The van der Waals surface area contributed by atoms with Crippen molar-refractivity contribution >= 4 is 26.7 Å². The zero-order valence-corrected chi connectivity index (χ0v) is 17.7. The molecule has 1 aromatic heterocycles. The number of nitro groups is 1. The van der Waals surface area contributed by atoms with E-state index >= 15 is 0 Å². The van der Waals surface area contributed by atoms with Crippen molar-refractivity contribution < 1.29 is 13.3 Å². The number of aromatic nitrogens is 2. The molecular weight excluding hydrogens is 416 g/mol. The normalized spacial score (nSPS) is 12.7. The van der Waals surface area contributed by atoms with Crippen LogP contribution in [0.2, 0.25) is 0 Å². The Morgan fingerprint density at radius 1 is 1.03 bits per heavy atom. The monoisotopic (exact) mass is 436 g/mol. The molecule has 1 heterocycles. The highest BCUT2D eigenvalue weighted by Gasteiger charge is 2.29. The van der Waals surface area contributed by atoms with Gasteiger partial charge in [0.2, 0.25) is 10.0 Å². The summed E-state index contributed by atoms with van der Waals surface area (Å²) in [5.74, 6) is 0.513. The van der Waals surface area contributed by atoms with Crippen LogP contribution < -0.4 is 4.72 Å². The highest BCUT2D eigenvalue weighted by Crippen LogP contribution is 2.28. The molecule has 0 saturated heterocycles. The second kappa shape index (κ2) is 7.93. The quantitative estimate of drug-likeness (QED) is 0.365. The summed E-state index contributed by atoms with van der Waals surface area (Å²) in [5.41, 5.74) is 2.43. The third kappa shape index (κ3) is 3.92. The Bertz CT molecular complexity index is 1380. The number of rotatable bonds is 6. The fourth-order valence-corrected chi connectivity index (χ4v) is 4.99. The van der Waals surface area contributed by atoms with Gasteiger partial charge < -0.3 is 4.57 Å². The van der Waals surface area contributed by atoms with Gasteiger partial charge >= 0.3 is 0 Å². The summed E-state index contributed by atoms with van der Waals surface area (Å²) in [5, 5.41) is 11.2. The Morgan fingerprint density at radius 3 is 2.39 bits per heavy atom. The molecule has 3 aromatic carbocycles. The fraction of sp³-hybridized carbons (Fsp3) is 0.136. The van der Waals surface area contributed by atoms with E-state index in [1.807, 2.05) is 66.2 Å². The van der Waals surface area contributed by atoms with Gasteiger partial charge in [-0.3, -0.25) is 10.1 Å². The van der Waals surface area contributed by atoms with Gasteiger partial charge in [0.15, 0.2) is 0 Å². The molecule has 0 aliphatic heterocycles. The van der Waals surface area contributed by atoms with Gasteiger partial charge in [0.25, 0.3) is 5.69 Å². The van der Waals surface area contributed by atoms with Crippen LogP contribution in [0.3, 0.4) is 0 Å². The molecule has 0 saturated carbocycles. The molecule has 31 heavy (non-hydrogen) atoms. The largest absolute Gasteiger partial charge is 0.329 e. The number of nitro benzene ring substituents is 1. The van der Waals surface area contributed by atoms with Gasteiger partial charge in [0.05, 0.1) is 20.9 Å². The summed E-state index contributed by atoms with van der Waals surface area (Å²) in [6, 6.07) is 19.6. The van der Waals surface area contributed by atoms with Gasteiger partial charge in [-0.25, -0.2) is 13.4 Å². The molecule has 158 valence electrons.